The highest BCUT2D eigenvalue weighted by Gasteiger charge is 2.27. The highest BCUT2D eigenvalue weighted by Crippen LogP contribution is 2.21. The topological polar surface area (TPSA) is 75.7 Å². The second kappa shape index (κ2) is 8.66. The van der Waals surface area contributed by atoms with E-state index in [1.54, 1.807) is 12.1 Å². The summed E-state index contributed by atoms with van der Waals surface area (Å²) in [6.07, 6.45) is 1.67. The molecule has 0 aliphatic carbocycles. The van der Waals surface area contributed by atoms with Gasteiger partial charge in [0, 0.05) is 25.2 Å². The Morgan fingerprint density at radius 2 is 1.79 bits per heavy atom. The summed E-state index contributed by atoms with van der Waals surface area (Å²) in [4.78, 5) is 12.5. The van der Waals surface area contributed by atoms with Crippen molar-refractivity contribution in [1.82, 2.24) is 9.62 Å². The number of hydrogen-bond acceptors (Lipinski definition) is 4. The number of nitrogens with one attached hydrogen (secondary N) is 1. The molecule has 0 aromatic heterocycles. The highest BCUT2D eigenvalue weighted by atomic mass is 32.2. The van der Waals surface area contributed by atoms with E-state index in [-0.39, 0.29) is 22.8 Å². The third kappa shape index (κ3) is 4.85. The number of rotatable bonds is 7. The van der Waals surface area contributed by atoms with Crippen LogP contribution in [-0.2, 0) is 16.6 Å². The Bertz CT molecular complexity index is 927. The Morgan fingerprint density at radius 3 is 2.43 bits per heavy atom. The van der Waals surface area contributed by atoms with E-state index in [1.807, 2.05) is 0 Å². The van der Waals surface area contributed by atoms with Gasteiger partial charge in [0.2, 0.25) is 10.0 Å². The molecule has 2 aromatic rings. The lowest BCUT2D eigenvalue weighted by Crippen LogP contribution is -2.28. The lowest BCUT2D eigenvalue weighted by atomic mass is 10.2. The molecule has 6 nitrogen and oxygen atoms in total. The standard InChI is InChI=1S/C19H20F2N2O4S/c20-19(21)27-16-8-6-14(7-9-16)13-22-18(24)15-4-3-5-17(12-15)28(25,26)23-10-1-2-11-23/h3-9,12,19H,1-2,10-11,13H2,(H,22,24). The first-order chi connectivity index (χ1) is 13.4. The van der Waals surface area contributed by atoms with Gasteiger partial charge in [-0.2, -0.15) is 13.1 Å². The molecule has 0 atom stereocenters. The molecule has 0 radical (unpaired) electrons. The summed E-state index contributed by atoms with van der Waals surface area (Å²) >= 11 is 0. The monoisotopic (exact) mass is 410 g/mol. The molecular weight excluding hydrogens is 390 g/mol. The molecule has 1 saturated heterocycles. The fraction of sp³-hybridized carbons (Fsp3) is 0.316. The van der Waals surface area contributed by atoms with E-state index in [1.165, 1.54) is 40.7 Å². The normalized spacial score (nSPS) is 15.0. The van der Waals surface area contributed by atoms with E-state index in [4.69, 9.17) is 0 Å². The van der Waals surface area contributed by atoms with Crippen LogP contribution in [0.2, 0.25) is 0 Å². The zero-order valence-corrected chi connectivity index (χ0v) is 15.8. The van der Waals surface area contributed by atoms with Gasteiger partial charge < -0.3 is 10.1 Å². The van der Waals surface area contributed by atoms with Crippen LogP contribution in [0.25, 0.3) is 0 Å². The summed E-state index contributed by atoms with van der Waals surface area (Å²) in [6.45, 7) is -1.75. The summed E-state index contributed by atoms with van der Waals surface area (Å²) in [6, 6.07) is 11.8. The maximum Gasteiger partial charge on any atom is 0.387 e. The minimum absolute atomic E-state index is 0.0323. The Balaban J connectivity index is 1.65. The van der Waals surface area contributed by atoms with Crippen molar-refractivity contribution in [3.05, 3.63) is 59.7 Å². The second-order valence-corrected chi connectivity index (χ2v) is 8.28. The van der Waals surface area contributed by atoms with Crippen LogP contribution in [0, 0.1) is 0 Å². The largest absolute Gasteiger partial charge is 0.435 e. The van der Waals surface area contributed by atoms with E-state index in [9.17, 15) is 22.0 Å². The molecule has 28 heavy (non-hydrogen) atoms. The number of amides is 1. The number of carbonyl (C=O) groups is 1. The Hall–Kier alpha value is -2.52. The molecule has 0 unspecified atom stereocenters. The first-order valence-electron chi connectivity index (χ1n) is 8.78. The molecule has 1 aliphatic rings. The molecule has 1 N–H and O–H groups in total. The number of hydrogen-bond donors (Lipinski definition) is 1. The van der Waals surface area contributed by atoms with Crippen molar-refractivity contribution in [1.29, 1.82) is 0 Å². The molecule has 0 spiro atoms. The van der Waals surface area contributed by atoms with E-state index in [2.05, 4.69) is 10.1 Å². The average Bonchev–Trinajstić information content (AvgIpc) is 3.22. The quantitative estimate of drug-likeness (QED) is 0.762. The van der Waals surface area contributed by atoms with E-state index < -0.39 is 22.5 Å². The van der Waals surface area contributed by atoms with Crippen molar-refractivity contribution < 1.29 is 26.7 Å². The molecule has 2 aromatic carbocycles. The van der Waals surface area contributed by atoms with Gasteiger partial charge in [0.1, 0.15) is 5.75 Å². The lowest BCUT2D eigenvalue weighted by Gasteiger charge is -2.16. The number of ether oxygens (including phenoxy) is 1. The average molecular weight is 410 g/mol. The highest BCUT2D eigenvalue weighted by molar-refractivity contribution is 7.89. The van der Waals surface area contributed by atoms with Crippen molar-refractivity contribution in [3.8, 4) is 5.75 Å². The van der Waals surface area contributed by atoms with Crippen molar-refractivity contribution >= 4 is 15.9 Å². The summed E-state index contributed by atoms with van der Waals surface area (Å²) < 4.78 is 55.3. The van der Waals surface area contributed by atoms with Gasteiger partial charge in [-0.25, -0.2) is 8.42 Å². The van der Waals surface area contributed by atoms with Gasteiger partial charge in [-0.3, -0.25) is 4.79 Å². The van der Waals surface area contributed by atoms with Crippen LogP contribution in [0.15, 0.2) is 53.4 Å². The van der Waals surface area contributed by atoms with Crippen LogP contribution in [0.5, 0.6) is 5.75 Å². The Labute approximate surface area is 162 Å². The summed E-state index contributed by atoms with van der Waals surface area (Å²) in [7, 11) is -3.60. The van der Waals surface area contributed by atoms with Crippen LogP contribution < -0.4 is 10.1 Å². The lowest BCUT2D eigenvalue weighted by molar-refractivity contribution is -0.0498. The van der Waals surface area contributed by atoms with Gasteiger partial charge in [-0.1, -0.05) is 18.2 Å². The van der Waals surface area contributed by atoms with E-state index in [0.717, 1.165) is 12.8 Å². The van der Waals surface area contributed by atoms with Crippen LogP contribution in [0.3, 0.4) is 0 Å². The van der Waals surface area contributed by atoms with Crippen LogP contribution in [0.1, 0.15) is 28.8 Å². The van der Waals surface area contributed by atoms with E-state index in [0.29, 0.717) is 18.7 Å². The predicted molar refractivity (Wildman–Crippen MR) is 98.7 cm³/mol. The maximum absolute atomic E-state index is 12.6. The molecule has 1 aliphatic heterocycles. The number of halogens is 2. The fourth-order valence-corrected chi connectivity index (χ4v) is 4.51. The summed E-state index contributed by atoms with van der Waals surface area (Å²) in [5.74, 6) is -0.392. The number of sulfonamides is 1. The van der Waals surface area contributed by atoms with Gasteiger partial charge >= 0.3 is 6.61 Å². The zero-order chi connectivity index (χ0) is 20.1. The van der Waals surface area contributed by atoms with Crippen LogP contribution in [0.4, 0.5) is 8.78 Å². The number of alkyl halides is 2. The van der Waals surface area contributed by atoms with Gasteiger partial charge in [0.25, 0.3) is 5.91 Å². The fourth-order valence-electron chi connectivity index (χ4n) is 2.95. The first kappa shape index (κ1) is 20.2. The van der Waals surface area contributed by atoms with Gasteiger partial charge in [-0.15, -0.1) is 0 Å². The second-order valence-electron chi connectivity index (χ2n) is 6.34. The van der Waals surface area contributed by atoms with E-state index >= 15 is 0 Å². The third-order valence-electron chi connectivity index (χ3n) is 4.40. The number of benzene rings is 2. The van der Waals surface area contributed by atoms with Gasteiger partial charge in [-0.05, 0) is 48.7 Å². The van der Waals surface area contributed by atoms with Crippen molar-refractivity contribution in [2.45, 2.75) is 30.9 Å². The van der Waals surface area contributed by atoms with Crippen molar-refractivity contribution in [2.75, 3.05) is 13.1 Å². The molecule has 1 fully saturated rings. The molecule has 9 heteroatoms. The smallest absolute Gasteiger partial charge is 0.387 e. The molecular formula is C19H20F2N2O4S. The van der Waals surface area contributed by atoms with Gasteiger partial charge in [0.15, 0.2) is 0 Å². The molecule has 1 heterocycles. The zero-order valence-electron chi connectivity index (χ0n) is 15.0. The molecule has 0 saturated carbocycles. The van der Waals surface area contributed by atoms with Gasteiger partial charge in [0.05, 0.1) is 4.90 Å². The maximum atomic E-state index is 12.6. The first-order valence-corrected chi connectivity index (χ1v) is 10.2. The molecule has 3 rings (SSSR count). The minimum Gasteiger partial charge on any atom is -0.435 e. The summed E-state index contributed by atoms with van der Waals surface area (Å²) in [5, 5.41) is 2.69. The SMILES string of the molecule is O=C(NCc1ccc(OC(F)F)cc1)c1cccc(S(=O)(=O)N2CCCC2)c1. The van der Waals surface area contributed by atoms with Crippen molar-refractivity contribution in [3.63, 3.8) is 0 Å². The number of carbonyl (C=O) groups excluding carboxylic acids is 1. The molecule has 0 bridgehead atoms. The third-order valence-corrected chi connectivity index (χ3v) is 6.30. The van der Waals surface area contributed by atoms with Crippen LogP contribution >= 0.6 is 0 Å². The predicted octanol–water partition coefficient (Wildman–Crippen LogP) is 3.00. The Kier molecular flexibility index (Phi) is 6.25. The van der Waals surface area contributed by atoms with Crippen LogP contribution in [-0.4, -0.2) is 38.3 Å². The Morgan fingerprint density at radius 1 is 1.11 bits per heavy atom. The van der Waals surface area contributed by atoms with Crippen molar-refractivity contribution in [2.24, 2.45) is 0 Å². The molecule has 150 valence electrons. The molecule has 1 amide bonds. The number of nitrogens with zero attached hydrogens (tertiary/aromatic N) is 1. The minimum atomic E-state index is -3.60. The summed E-state index contributed by atoms with van der Waals surface area (Å²) in [5.41, 5.74) is 0.925.